The average Bonchev–Trinajstić information content (AvgIpc) is 2.74. The Morgan fingerprint density at radius 3 is 2.81 bits per heavy atom. The molecule has 0 saturated heterocycles. The van der Waals surface area contributed by atoms with Crippen LogP contribution in [0.15, 0.2) is 30.6 Å². The standard InChI is InChI=1S/C12H13N3O/c1-3-9-5-4-7-13-11(9)12(16)10-6-8-14-15(10)2/h4-8H,3H2,1-2H3. The summed E-state index contributed by atoms with van der Waals surface area (Å²) in [7, 11) is 1.75. The zero-order valence-corrected chi connectivity index (χ0v) is 9.34. The summed E-state index contributed by atoms with van der Waals surface area (Å²) < 4.78 is 1.57. The topological polar surface area (TPSA) is 47.8 Å². The number of carbonyl (C=O) groups excluding carboxylic acids is 1. The van der Waals surface area contributed by atoms with Gasteiger partial charge in [-0.2, -0.15) is 5.10 Å². The highest BCUT2D eigenvalue weighted by atomic mass is 16.1. The normalized spacial score (nSPS) is 10.4. The monoisotopic (exact) mass is 215 g/mol. The number of hydrogen-bond donors (Lipinski definition) is 0. The van der Waals surface area contributed by atoms with Gasteiger partial charge in [0.1, 0.15) is 11.4 Å². The van der Waals surface area contributed by atoms with Crippen LogP contribution >= 0.6 is 0 Å². The summed E-state index contributed by atoms with van der Waals surface area (Å²) in [5.74, 6) is -0.0718. The third kappa shape index (κ3) is 1.74. The first-order valence-electron chi connectivity index (χ1n) is 5.20. The lowest BCUT2D eigenvalue weighted by molar-refractivity contribution is 0.102. The van der Waals surface area contributed by atoms with E-state index in [-0.39, 0.29) is 5.78 Å². The van der Waals surface area contributed by atoms with Crippen LogP contribution < -0.4 is 0 Å². The molecule has 2 heterocycles. The van der Waals surface area contributed by atoms with E-state index in [1.165, 1.54) is 0 Å². The van der Waals surface area contributed by atoms with Gasteiger partial charge in [-0.25, -0.2) is 0 Å². The molecule has 0 radical (unpaired) electrons. The van der Waals surface area contributed by atoms with Crippen LogP contribution in [0, 0.1) is 0 Å². The Morgan fingerprint density at radius 1 is 1.38 bits per heavy atom. The van der Waals surface area contributed by atoms with Gasteiger partial charge in [-0.3, -0.25) is 14.5 Å². The molecule has 4 nitrogen and oxygen atoms in total. The summed E-state index contributed by atoms with van der Waals surface area (Å²) in [5.41, 5.74) is 2.05. The Labute approximate surface area is 93.9 Å². The van der Waals surface area contributed by atoms with E-state index in [1.54, 1.807) is 30.2 Å². The summed E-state index contributed by atoms with van der Waals surface area (Å²) >= 11 is 0. The number of carbonyl (C=O) groups is 1. The first kappa shape index (κ1) is 10.5. The molecule has 0 spiro atoms. The zero-order valence-electron chi connectivity index (χ0n) is 9.34. The number of ketones is 1. The number of nitrogens with zero attached hydrogens (tertiary/aromatic N) is 3. The zero-order chi connectivity index (χ0) is 11.5. The van der Waals surface area contributed by atoms with E-state index < -0.39 is 0 Å². The van der Waals surface area contributed by atoms with Crippen molar-refractivity contribution in [3.63, 3.8) is 0 Å². The summed E-state index contributed by atoms with van der Waals surface area (Å²) in [6, 6.07) is 5.48. The summed E-state index contributed by atoms with van der Waals surface area (Å²) in [6.45, 7) is 2.01. The molecule has 0 aliphatic carbocycles. The molecule has 0 saturated carbocycles. The van der Waals surface area contributed by atoms with E-state index in [0.717, 1.165) is 12.0 Å². The maximum Gasteiger partial charge on any atom is 0.229 e. The second-order valence-corrected chi connectivity index (χ2v) is 3.53. The highest BCUT2D eigenvalue weighted by molar-refractivity contribution is 6.07. The Bertz CT molecular complexity index is 516. The van der Waals surface area contributed by atoms with Crippen molar-refractivity contribution in [1.29, 1.82) is 0 Å². The van der Waals surface area contributed by atoms with E-state index in [2.05, 4.69) is 10.1 Å². The predicted molar refractivity (Wildman–Crippen MR) is 60.3 cm³/mol. The molecule has 2 aromatic heterocycles. The highest BCUT2D eigenvalue weighted by Crippen LogP contribution is 2.11. The first-order chi connectivity index (χ1) is 7.74. The predicted octanol–water partition coefficient (Wildman–Crippen LogP) is 1.61. The fourth-order valence-electron chi connectivity index (χ4n) is 1.65. The Hall–Kier alpha value is -1.97. The van der Waals surface area contributed by atoms with Crippen molar-refractivity contribution in [2.75, 3.05) is 0 Å². The van der Waals surface area contributed by atoms with E-state index in [9.17, 15) is 4.79 Å². The van der Waals surface area contributed by atoms with Crippen LogP contribution in [0.5, 0.6) is 0 Å². The van der Waals surface area contributed by atoms with E-state index in [4.69, 9.17) is 0 Å². The Morgan fingerprint density at radius 2 is 2.19 bits per heavy atom. The van der Waals surface area contributed by atoms with Crippen molar-refractivity contribution >= 4 is 5.78 Å². The van der Waals surface area contributed by atoms with Gasteiger partial charge in [-0.1, -0.05) is 13.0 Å². The van der Waals surface area contributed by atoms with Crippen LogP contribution in [-0.4, -0.2) is 20.5 Å². The van der Waals surface area contributed by atoms with E-state index in [1.807, 2.05) is 19.1 Å². The van der Waals surface area contributed by atoms with Crippen LogP contribution in [-0.2, 0) is 13.5 Å². The van der Waals surface area contributed by atoms with Gasteiger partial charge in [0.05, 0.1) is 0 Å². The molecule has 0 N–H and O–H groups in total. The molecule has 0 unspecified atom stereocenters. The number of aryl methyl sites for hydroxylation is 2. The van der Waals surface area contributed by atoms with Crippen molar-refractivity contribution < 1.29 is 4.79 Å². The minimum absolute atomic E-state index is 0.0718. The van der Waals surface area contributed by atoms with Crippen molar-refractivity contribution in [2.45, 2.75) is 13.3 Å². The number of pyridine rings is 1. The molecule has 0 bridgehead atoms. The molecule has 16 heavy (non-hydrogen) atoms. The van der Waals surface area contributed by atoms with Gasteiger partial charge < -0.3 is 0 Å². The van der Waals surface area contributed by atoms with Gasteiger partial charge in [0.15, 0.2) is 0 Å². The molecular formula is C12H13N3O. The summed E-state index contributed by atoms with van der Waals surface area (Å²) in [4.78, 5) is 16.3. The molecule has 82 valence electrons. The summed E-state index contributed by atoms with van der Waals surface area (Å²) in [6.07, 6.45) is 4.05. The maximum atomic E-state index is 12.2. The fourth-order valence-corrected chi connectivity index (χ4v) is 1.65. The van der Waals surface area contributed by atoms with Gasteiger partial charge in [0.25, 0.3) is 0 Å². The van der Waals surface area contributed by atoms with Crippen LogP contribution in [0.25, 0.3) is 0 Å². The largest absolute Gasteiger partial charge is 0.285 e. The number of rotatable bonds is 3. The SMILES string of the molecule is CCc1cccnc1C(=O)c1ccnn1C. The number of aromatic nitrogens is 3. The first-order valence-corrected chi connectivity index (χ1v) is 5.20. The maximum absolute atomic E-state index is 12.2. The lowest BCUT2D eigenvalue weighted by Crippen LogP contribution is -2.12. The van der Waals surface area contributed by atoms with Crippen LogP contribution in [0.1, 0.15) is 28.7 Å². The minimum Gasteiger partial charge on any atom is -0.285 e. The van der Waals surface area contributed by atoms with E-state index in [0.29, 0.717) is 11.4 Å². The number of hydrogen-bond acceptors (Lipinski definition) is 3. The summed E-state index contributed by atoms with van der Waals surface area (Å²) in [5, 5.41) is 3.99. The molecule has 0 aliphatic rings. The Balaban J connectivity index is 2.46. The Kier molecular flexibility index (Phi) is 2.81. The molecule has 0 amide bonds. The van der Waals surface area contributed by atoms with E-state index >= 15 is 0 Å². The fraction of sp³-hybridized carbons (Fsp3) is 0.250. The molecule has 2 aromatic rings. The van der Waals surface area contributed by atoms with Crippen LogP contribution in [0.2, 0.25) is 0 Å². The quantitative estimate of drug-likeness (QED) is 0.731. The van der Waals surface area contributed by atoms with Gasteiger partial charge >= 0.3 is 0 Å². The molecule has 4 heteroatoms. The van der Waals surface area contributed by atoms with Crippen molar-refractivity contribution in [3.05, 3.63) is 47.5 Å². The lowest BCUT2D eigenvalue weighted by atomic mass is 10.1. The third-order valence-corrected chi connectivity index (χ3v) is 2.54. The molecule has 0 aliphatic heterocycles. The van der Waals surface area contributed by atoms with Crippen LogP contribution in [0.3, 0.4) is 0 Å². The molecule has 0 aromatic carbocycles. The smallest absolute Gasteiger partial charge is 0.229 e. The second-order valence-electron chi connectivity index (χ2n) is 3.53. The van der Waals surface area contributed by atoms with Crippen LogP contribution in [0.4, 0.5) is 0 Å². The van der Waals surface area contributed by atoms with Crippen molar-refractivity contribution in [1.82, 2.24) is 14.8 Å². The third-order valence-electron chi connectivity index (χ3n) is 2.54. The van der Waals surface area contributed by atoms with Gasteiger partial charge in [0.2, 0.25) is 5.78 Å². The average molecular weight is 215 g/mol. The molecule has 0 atom stereocenters. The van der Waals surface area contributed by atoms with Crippen molar-refractivity contribution in [3.8, 4) is 0 Å². The van der Waals surface area contributed by atoms with Gasteiger partial charge in [-0.15, -0.1) is 0 Å². The molecule has 2 rings (SSSR count). The lowest BCUT2D eigenvalue weighted by Gasteiger charge is -2.05. The highest BCUT2D eigenvalue weighted by Gasteiger charge is 2.16. The molecular weight excluding hydrogens is 202 g/mol. The van der Waals surface area contributed by atoms with Gasteiger partial charge in [-0.05, 0) is 24.1 Å². The van der Waals surface area contributed by atoms with Gasteiger partial charge in [0, 0.05) is 19.4 Å². The second kappa shape index (κ2) is 4.26. The van der Waals surface area contributed by atoms with Crippen molar-refractivity contribution in [2.24, 2.45) is 7.05 Å². The minimum atomic E-state index is -0.0718. The molecule has 0 fully saturated rings.